The van der Waals surface area contributed by atoms with Gasteiger partial charge in [0.2, 0.25) is 5.91 Å². The van der Waals surface area contributed by atoms with Gasteiger partial charge in [0, 0.05) is 12.8 Å². The average molecular weight is 213 g/mol. The maximum Gasteiger partial charge on any atom is 0.524 e. The highest BCUT2D eigenvalue weighted by Gasteiger charge is 2.48. The number of alkyl halides is 3. The van der Waals surface area contributed by atoms with Crippen molar-refractivity contribution in [1.29, 1.82) is 0 Å². The van der Waals surface area contributed by atoms with E-state index in [2.05, 4.69) is 9.47 Å². The second kappa shape index (κ2) is 3.74. The fourth-order valence-corrected chi connectivity index (χ4v) is 1.15. The molecule has 0 aromatic carbocycles. The van der Waals surface area contributed by atoms with E-state index in [1.165, 1.54) is 0 Å². The normalized spacial score (nSPS) is 20.2. The van der Waals surface area contributed by atoms with E-state index in [4.69, 9.17) is 5.73 Å². The molecule has 1 amide bonds. The Morgan fingerprint density at radius 2 is 2.00 bits per heavy atom. The van der Waals surface area contributed by atoms with E-state index in [9.17, 15) is 18.0 Å². The molecule has 4 nitrogen and oxygen atoms in total. The number of carbonyl (C=O) groups is 1. The minimum Gasteiger partial charge on any atom is -0.368 e. The molecule has 0 radical (unpaired) electrons. The Labute approximate surface area is 78.1 Å². The van der Waals surface area contributed by atoms with Gasteiger partial charge in [0.25, 0.3) is 0 Å². The van der Waals surface area contributed by atoms with Crippen molar-refractivity contribution in [3.8, 4) is 0 Å². The molecule has 0 bridgehead atoms. The van der Waals surface area contributed by atoms with Gasteiger partial charge < -0.3 is 10.5 Å². The van der Waals surface area contributed by atoms with Crippen LogP contribution >= 0.6 is 0 Å². The van der Waals surface area contributed by atoms with E-state index < -0.39 is 24.7 Å². The standard InChI is InChI=1S/C7H10F3NO3/c8-7(9,10)14-6(2-1-3-6)13-4-5(11)12/h1-4H2,(H2,11,12). The molecule has 82 valence electrons. The van der Waals surface area contributed by atoms with Crippen molar-refractivity contribution in [3.05, 3.63) is 0 Å². The molecular weight excluding hydrogens is 203 g/mol. The number of rotatable bonds is 4. The number of primary amides is 1. The summed E-state index contributed by atoms with van der Waals surface area (Å²) in [5.41, 5.74) is 4.74. The fourth-order valence-electron chi connectivity index (χ4n) is 1.15. The monoisotopic (exact) mass is 213 g/mol. The zero-order chi connectivity index (χ0) is 10.8. The summed E-state index contributed by atoms with van der Waals surface area (Å²) < 4.78 is 44.1. The first-order valence-corrected chi connectivity index (χ1v) is 4.02. The van der Waals surface area contributed by atoms with Gasteiger partial charge in [-0.05, 0) is 6.42 Å². The van der Waals surface area contributed by atoms with Crippen LogP contribution < -0.4 is 5.73 Å². The number of amides is 1. The molecule has 0 unspecified atom stereocenters. The largest absolute Gasteiger partial charge is 0.524 e. The zero-order valence-electron chi connectivity index (χ0n) is 7.26. The Morgan fingerprint density at radius 3 is 2.29 bits per heavy atom. The van der Waals surface area contributed by atoms with E-state index in [0.29, 0.717) is 6.42 Å². The van der Waals surface area contributed by atoms with Gasteiger partial charge in [0.15, 0.2) is 5.79 Å². The lowest BCUT2D eigenvalue weighted by Gasteiger charge is -2.40. The van der Waals surface area contributed by atoms with Gasteiger partial charge in [0.1, 0.15) is 6.61 Å². The lowest BCUT2D eigenvalue weighted by Crippen LogP contribution is -2.48. The smallest absolute Gasteiger partial charge is 0.368 e. The summed E-state index contributed by atoms with van der Waals surface area (Å²) in [6.07, 6.45) is -3.92. The molecular formula is C7H10F3NO3. The number of halogens is 3. The van der Waals surface area contributed by atoms with Gasteiger partial charge in [-0.15, -0.1) is 13.2 Å². The molecule has 1 aliphatic rings. The van der Waals surface area contributed by atoms with Crippen LogP contribution in [0, 0.1) is 0 Å². The summed E-state index contributed by atoms with van der Waals surface area (Å²) in [5.74, 6) is -2.50. The highest BCUT2D eigenvalue weighted by Crippen LogP contribution is 2.41. The van der Waals surface area contributed by atoms with Crippen molar-refractivity contribution in [3.63, 3.8) is 0 Å². The van der Waals surface area contributed by atoms with Gasteiger partial charge >= 0.3 is 6.36 Å². The van der Waals surface area contributed by atoms with Crippen LogP contribution in [0.5, 0.6) is 0 Å². The molecule has 0 saturated heterocycles. The Hall–Kier alpha value is -0.820. The molecule has 1 saturated carbocycles. The summed E-state index contributed by atoms with van der Waals surface area (Å²) in [7, 11) is 0. The molecule has 0 spiro atoms. The maximum atomic E-state index is 11.9. The molecule has 1 aliphatic carbocycles. The van der Waals surface area contributed by atoms with E-state index in [-0.39, 0.29) is 12.8 Å². The second-order valence-electron chi connectivity index (χ2n) is 3.07. The fraction of sp³-hybridized carbons (Fsp3) is 0.857. The summed E-state index contributed by atoms with van der Waals surface area (Å²) in [5, 5.41) is 0. The molecule has 0 heterocycles. The van der Waals surface area contributed by atoms with Crippen molar-refractivity contribution >= 4 is 5.91 Å². The third kappa shape index (κ3) is 3.15. The summed E-state index contributed by atoms with van der Waals surface area (Å²) in [6.45, 7) is -0.559. The van der Waals surface area contributed by atoms with E-state index >= 15 is 0 Å². The SMILES string of the molecule is NC(=O)COC1(OC(F)(F)F)CCC1. The van der Waals surface area contributed by atoms with Crippen LogP contribution in [0.25, 0.3) is 0 Å². The van der Waals surface area contributed by atoms with Crippen molar-refractivity contribution in [2.24, 2.45) is 5.73 Å². The topological polar surface area (TPSA) is 61.6 Å². The Morgan fingerprint density at radius 1 is 1.43 bits per heavy atom. The van der Waals surface area contributed by atoms with E-state index in [1.807, 2.05) is 0 Å². The van der Waals surface area contributed by atoms with E-state index in [0.717, 1.165) is 0 Å². The lowest BCUT2D eigenvalue weighted by atomic mass is 9.91. The first kappa shape index (κ1) is 11.3. The first-order chi connectivity index (χ1) is 6.33. The molecule has 0 atom stereocenters. The minimum atomic E-state index is -4.75. The molecule has 0 aromatic heterocycles. The third-order valence-electron chi connectivity index (χ3n) is 1.89. The minimum absolute atomic E-state index is 0.125. The van der Waals surface area contributed by atoms with Crippen molar-refractivity contribution < 1.29 is 27.4 Å². The average Bonchev–Trinajstić information content (AvgIpc) is 1.92. The Kier molecular flexibility index (Phi) is 3.01. The van der Waals surface area contributed by atoms with Crippen molar-refractivity contribution in [2.75, 3.05) is 6.61 Å². The van der Waals surface area contributed by atoms with Crippen LogP contribution in [0.4, 0.5) is 13.2 Å². The first-order valence-electron chi connectivity index (χ1n) is 4.02. The number of hydrogen-bond donors (Lipinski definition) is 1. The predicted octanol–water partition coefficient (Wildman–Crippen LogP) is 0.905. The van der Waals surface area contributed by atoms with Gasteiger partial charge in [-0.3, -0.25) is 9.53 Å². The Balaban J connectivity index is 2.45. The maximum absolute atomic E-state index is 11.9. The molecule has 0 aliphatic heterocycles. The van der Waals surface area contributed by atoms with Crippen LogP contribution in [-0.2, 0) is 14.3 Å². The molecule has 1 rings (SSSR count). The van der Waals surface area contributed by atoms with Crippen LogP contribution in [0.3, 0.4) is 0 Å². The molecule has 7 heteroatoms. The molecule has 0 aromatic rings. The Bertz CT molecular complexity index is 225. The summed E-state index contributed by atoms with van der Waals surface area (Å²) >= 11 is 0. The lowest BCUT2D eigenvalue weighted by molar-refractivity contribution is -0.432. The van der Waals surface area contributed by atoms with Crippen molar-refractivity contribution in [1.82, 2.24) is 0 Å². The summed E-state index contributed by atoms with van der Waals surface area (Å²) in [4.78, 5) is 10.3. The molecule has 1 fully saturated rings. The number of ether oxygens (including phenoxy) is 2. The highest BCUT2D eigenvalue weighted by atomic mass is 19.4. The quantitative estimate of drug-likeness (QED) is 0.706. The number of carbonyl (C=O) groups excluding carboxylic acids is 1. The van der Waals surface area contributed by atoms with Crippen LogP contribution in [0.2, 0.25) is 0 Å². The predicted molar refractivity (Wildman–Crippen MR) is 38.9 cm³/mol. The van der Waals surface area contributed by atoms with Crippen LogP contribution in [0.15, 0.2) is 0 Å². The number of hydrogen-bond acceptors (Lipinski definition) is 3. The van der Waals surface area contributed by atoms with Gasteiger partial charge in [0.05, 0.1) is 0 Å². The summed E-state index contributed by atoms with van der Waals surface area (Å²) in [6, 6.07) is 0. The molecule has 14 heavy (non-hydrogen) atoms. The van der Waals surface area contributed by atoms with Gasteiger partial charge in [-0.25, -0.2) is 0 Å². The van der Waals surface area contributed by atoms with Gasteiger partial charge in [-0.1, -0.05) is 0 Å². The molecule has 2 N–H and O–H groups in total. The van der Waals surface area contributed by atoms with Gasteiger partial charge in [-0.2, -0.15) is 0 Å². The van der Waals surface area contributed by atoms with E-state index in [1.54, 1.807) is 0 Å². The zero-order valence-corrected chi connectivity index (χ0v) is 7.26. The highest BCUT2D eigenvalue weighted by molar-refractivity contribution is 5.75. The van der Waals surface area contributed by atoms with Crippen molar-refractivity contribution in [2.45, 2.75) is 31.4 Å². The number of nitrogens with two attached hydrogens (primary N) is 1. The third-order valence-corrected chi connectivity index (χ3v) is 1.89. The van der Waals surface area contributed by atoms with Crippen LogP contribution in [-0.4, -0.2) is 24.7 Å². The van der Waals surface area contributed by atoms with Crippen LogP contribution in [0.1, 0.15) is 19.3 Å². The second-order valence-corrected chi connectivity index (χ2v) is 3.07.